The second kappa shape index (κ2) is 8.85. The number of carbonyl (C=O) groups is 2. The number of amides is 2. The molecule has 1 aliphatic rings. The van der Waals surface area contributed by atoms with Crippen LogP contribution in [-0.4, -0.2) is 62.2 Å². The van der Waals surface area contributed by atoms with Crippen LogP contribution in [0.25, 0.3) is 0 Å². The summed E-state index contributed by atoms with van der Waals surface area (Å²) >= 11 is 1.63. The predicted octanol–water partition coefficient (Wildman–Crippen LogP) is 1.57. The summed E-state index contributed by atoms with van der Waals surface area (Å²) in [4.78, 5) is 26.7. The molecule has 0 saturated carbocycles. The Morgan fingerprint density at radius 3 is 2.50 bits per heavy atom. The summed E-state index contributed by atoms with van der Waals surface area (Å²) < 4.78 is 27.2. The van der Waals surface area contributed by atoms with Crippen molar-refractivity contribution in [3.8, 4) is 0 Å². The van der Waals surface area contributed by atoms with E-state index in [0.717, 1.165) is 6.42 Å². The fraction of sp³-hybridized carbons (Fsp3) is 0.368. The molecule has 2 amide bonds. The van der Waals surface area contributed by atoms with Gasteiger partial charge in [-0.1, -0.05) is 12.1 Å². The van der Waals surface area contributed by atoms with Crippen LogP contribution in [-0.2, 0) is 21.2 Å². The maximum Gasteiger partial charge on any atom is 0.251 e. The molecule has 1 fully saturated rings. The van der Waals surface area contributed by atoms with E-state index >= 15 is 0 Å². The smallest absolute Gasteiger partial charge is 0.251 e. The van der Waals surface area contributed by atoms with Crippen molar-refractivity contribution in [2.24, 2.45) is 0 Å². The topological polar surface area (TPSA) is 86.8 Å². The molecule has 150 valence electrons. The van der Waals surface area contributed by atoms with Gasteiger partial charge in [-0.3, -0.25) is 9.59 Å². The number of hydrogen-bond acceptors (Lipinski definition) is 5. The van der Waals surface area contributed by atoms with E-state index in [9.17, 15) is 18.0 Å². The lowest BCUT2D eigenvalue weighted by Gasteiger charge is -2.33. The second-order valence-corrected chi connectivity index (χ2v) is 9.49. The molecule has 1 N–H and O–H groups in total. The van der Waals surface area contributed by atoms with Gasteiger partial charge < -0.3 is 10.2 Å². The average molecular weight is 422 g/mol. The third kappa shape index (κ3) is 4.78. The zero-order valence-corrected chi connectivity index (χ0v) is 17.3. The van der Waals surface area contributed by atoms with Gasteiger partial charge in [-0.25, -0.2) is 8.42 Å². The van der Waals surface area contributed by atoms with E-state index in [0.29, 0.717) is 25.2 Å². The van der Waals surface area contributed by atoms with E-state index in [1.807, 2.05) is 17.5 Å². The summed E-state index contributed by atoms with van der Waals surface area (Å²) in [7, 11) is -3.71. The lowest BCUT2D eigenvalue weighted by Crippen LogP contribution is -2.49. The Morgan fingerprint density at radius 1 is 1.11 bits per heavy atom. The van der Waals surface area contributed by atoms with Gasteiger partial charge in [0.1, 0.15) is 0 Å². The molecule has 0 atom stereocenters. The molecule has 7 nitrogen and oxygen atoms in total. The summed E-state index contributed by atoms with van der Waals surface area (Å²) in [6, 6.07) is 10.1. The fourth-order valence-corrected chi connectivity index (χ4v) is 5.22. The van der Waals surface area contributed by atoms with Crippen LogP contribution in [0.1, 0.15) is 22.2 Å². The van der Waals surface area contributed by atoms with Crippen molar-refractivity contribution >= 4 is 33.2 Å². The molecule has 28 heavy (non-hydrogen) atoms. The molecule has 0 radical (unpaired) electrons. The number of piperazine rings is 1. The van der Waals surface area contributed by atoms with Crippen LogP contribution in [0.5, 0.6) is 0 Å². The molecule has 0 aliphatic carbocycles. The summed E-state index contributed by atoms with van der Waals surface area (Å²) in [6.45, 7) is 3.21. The predicted molar refractivity (Wildman–Crippen MR) is 108 cm³/mol. The number of nitrogens with one attached hydrogen (secondary N) is 1. The highest BCUT2D eigenvalue weighted by Gasteiger charge is 2.29. The molecule has 1 saturated heterocycles. The number of carbonyl (C=O) groups excluding carboxylic acids is 2. The van der Waals surface area contributed by atoms with Gasteiger partial charge in [-0.15, -0.1) is 11.3 Å². The van der Waals surface area contributed by atoms with Gasteiger partial charge in [0.15, 0.2) is 0 Å². The van der Waals surface area contributed by atoms with Gasteiger partial charge >= 0.3 is 0 Å². The highest BCUT2D eigenvalue weighted by molar-refractivity contribution is 7.89. The molecule has 1 aliphatic heterocycles. The third-order valence-corrected chi connectivity index (χ3v) is 7.49. The first-order valence-corrected chi connectivity index (χ1v) is 11.4. The first-order chi connectivity index (χ1) is 13.4. The number of rotatable bonds is 6. The number of hydrogen-bond donors (Lipinski definition) is 1. The van der Waals surface area contributed by atoms with Crippen LogP contribution in [0, 0.1) is 0 Å². The van der Waals surface area contributed by atoms with Gasteiger partial charge in [-0.2, -0.15) is 4.31 Å². The van der Waals surface area contributed by atoms with E-state index in [1.54, 1.807) is 28.4 Å². The SMILES string of the molecule is CC(=O)N1CCN(S(=O)(=O)c2cccc(C(=O)NCCc3cccs3)c2)CC1. The van der Waals surface area contributed by atoms with E-state index < -0.39 is 10.0 Å². The zero-order chi connectivity index (χ0) is 20.1. The maximum atomic E-state index is 12.9. The Bertz CT molecular complexity index is 934. The first-order valence-electron chi connectivity index (χ1n) is 9.04. The minimum Gasteiger partial charge on any atom is -0.352 e. The van der Waals surface area contributed by atoms with Crippen LogP contribution < -0.4 is 5.32 Å². The summed E-state index contributed by atoms with van der Waals surface area (Å²) in [6.07, 6.45) is 0.738. The Morgan fingerprint density at radius 2 is 1.86 bits per heavy atom. The number of nitrogens with zero attached hydrogens (tertiary/aromatic N) is 2. The Kier molecular flexibility index (Phi) is 6.48. The highest BCUT2D eigenvalue weighted by Crippen LogP contribution is 2.19. The number of thiophene rings is 1. The van der Waals surface area contributed by atoms with Crippen LogP contribution in [0.15, 0.2) is 46.7 Å². The number of sulfonamides is 1. The average Bonchev–Trinajstić information content (AvgIpc) is 3.21. The Balaban J connectivity index is 1.64. The van der Waals surface area contributed by atoms with E-state index in [1.165, 1.54) is 28.2 Å². The van der Waals surface area contributed by atoms with Crippen LogP contribution in [0.4, 0.5) is 0 Å². The quantitative estimate of drug-likeness (QED) is 0.767. The molecule has 1 aromatic heterocycles. The normalized spacial score (nSPS) is 15.4. The van der Waals surface area contributed by atoms with Crippen LogP contribution >= 0.6 is 11.3 Å². The minimum atomic E-state index is -3.71. The van der Waals surface area contributed by atoms with Crippen molar-refractivity contribution in [1.29, 1.82) is 0 Å². The van der Waals surface area contributed by atoms with Crippen molar-refractivity contribution in [2.75, 3.05) is 32.7 Å². The Labute approximate surface area is 169 Å². The highest BCUT2D eigenvalue weighted by atomic mass is 32.2. The standard InChI is InChI=1S/C19H23N3O4S2/c1-15(23)21-9-11-22(12-10-21)28(25,26)18-6-2-4-16(14-18)19(24)20-8-7-17-5-3-13-27-17/h2-6,13-14H,7-12H2,1H3,(H,20,24). The maximum absolute atomic E-state index is 12.9. The summed E-state index contributed by atoms with van der Waals surface area (Å²) in [5.74, 6) is -0.353. The zero-order valence-electron chi connectivity index (χ0n) is 15.6. The van der Waals surface area contributed by atoms with Crippen LogP contribution in [0.2, 0.25) is 0 Å². The lowest BCUT2D eigenvalue weighted by atomic mass is 10.2. The van der Waals surface area contributed by atoms with Crippen molar-refractivity contribution in [3.05, 3.63) is 52.2 Å². The van der Waals surface area contributed by atoms with Gasteiger partial charge in [0.25, 0.3) is 5.91 Å². The second-order valence-electron chi connectivity index (χ2n) is 6.52. The first kappa shape index (κ1) is 20.5. The lowest BCUT2D eigenvalue weighted by molar-refractivity contribution is -0.129. The molecule has 0 spiro atoms. The number of benzene rings is 1. The van der Waals surface area contributed by atoms with Crippen LogP contribution in [0.3, 0.4) is 0 Å². The largest absolute Gasteiger partial charge is 0.352 e. The molecular formula is C19H23N3O4S2. The van der Waals surface area contributed by atoms with E-state index in [-0.39, 0.29) is 29.8 Å². The van der Waals surface area contributed by atoms with Crippen molar-refractivity contribution in [3.63, 3.8) is 0 Å². The molecule has 2 heterocycles. The van der Waals surface area contributed by atoms with Gasteiger partial charge in [-0.05, 0) is 36.1 Å². The van der Waals surface area contributed by atoms with Crippen molar-refractivity contribution in [2.45, 2.75) is 18.2 Å². The summed E-state index contributed by atoms with van der Waals surface area (Å²) in [5, 5.41) is 4.82. The molecule has 9 heteroatoms. The van der Waals surface area contributed by atoms with Crippen molar-refractivity contribution in [1.82, 2.24) is 14.5 Å². The van der Waals surface area contributed by atoms with E-state index in [4.69, 9.17) is 0 Å². The Hall–Kier alpha value is -2.23. The third-order valence-electron chi connectivity index (χ3n) is 4.66. The van der Waals surface area contributed by atoms with Gasteiger partial charge in [0, 0.05) is 50.1 Å². The van der Waals surface area contributed by atoms with Gasteiger partial charge in [0.2, 0.25) is 15.9 Å². The molecular weight excluding hydrogens is 398 g/mol. The molecule has 0 unspecified atom stereocenters. The van der Waals surface area contributed by atoms with E-state index in [2.05, 4.69) is 5.32 Å². The monoisotopic (exact) mass is 421 g/mol. The van der Waals surface area contributed by atoms with Gasteiger partial charge in [0.05, 0.1) is 4.90 Å². The summed E-state index contributed by atoms with van der Waals surface area (Å²) in [5.41, 5.74) is 0.314. The van der Waals surface area contributed by atoms with Crippen molar-refractivity contribution < 1.29 is 18.0 Å². The minimum absolute atomic E-state index is 0.0572. The molecule has 2 aromatic rings. The molecule has 1 aromatic carbocycles. The molecule has 0 bridgehead atoms. The molecule has 3 rings (SSSR count). The fourth-order valence-electron chi connectivity index (χ4n) is 3.05.